The monoisotopic (exact) mass is 220 g/mol. The van der Waals surface area contributed by atoms with Crippen LogP contribution >= 0.6 is 0 Å². The summed E-state index contributed by atoms with van der Waals surface area (Å²) < 4.78 is 5.53. The van der Waals surface area contributed by atoms with Crippen LogP contribution in [0.15, 0.2) is 29.3 Å². The van der Waals surface area contributed by atoms with E-state index in [2.05, 4.69) is 9.72 Å². The minimum atomic E-state index is -1.54. The lowest BCUT2D eigenvalue weighted by Gasteiger charge is -2.03. The maximum atomic E-state index is 11.7. The van der Waals surface area contributed by atoms with Crippen molar-refractivity contribution in [3.8, 4) is 5.75 Å². The molecule has 82 valence electrons. The fraction of sp³-hybridized carbons (Fsp3) is 0.100. The summed E-state index contributed by atoms with van der Waals surface area (Å²) in [6.07, 6.45) is 1.09. The summed E-state index contributed by atoms with van der Waals surface area (Å²) in [6.45, 7) is 1.87. The molecule has 0 saturated carbocycles. The number of nitrogens with zero attached hydrogens (tertiary/aromatic N) is 2. The molecular weight excluding hydrogens is 212 g/mol. The number of hydrogen-bond donors (Lipinski definition) is 1. The third kappa shape index (κ3) is 1.72. The van der Waals surface area contributed by atoms with Gasteiger partial charge in [0.2, 0.25) is 5.75 Å². The Hall–Kier alpha value is -2.37. The Kier molecular flexibility index (Phi) is 2.32. The summed E-state index contributed by atoms with van der Waals surface area (Å²) in [7, 11) is 0. The van der Waals surface area contributed by atoms with E-state index in [0.29, 0.717) is 5.65 Å². The van der Waals surface area contributed by atoms with Crippen molar-refractivity contribution in [2.45, 2.75) is 6.92 Å². The van der Waals surface area contributed by atoms with Crippen molar-refractivity contribution in [3.05, 3.63) is 40.4 Å². The first-order valence-electron chi connectivity index (χ1n) is 4.47. The molecule has 0 radical (unpaired) electrons. The first kappa shape index (κ1) is 10.2. The summed E-state index contributed by atoms with van der Waals surface area (Å²) >= 11 is 0. The van der Waals surface area contributed by atoms with Crippen LogP contribution in [0.5, 0.6) is 5.75 Å². The molecule has 0 amide bonds. The van der Waals surface area contributed by atoms with Gasteiger partial charge in [-0.1, -0.05) is 0 Å². The van der Waals surface area contributed by atoms with Gasteiger partial charge in [-0.15, -0.1) is 0 Å². The number of aryl methyl sites for hydroxylation is 1. The van der Waals surface area contributed by atoms with Crippen LogP contribution in [-0.4, -0.2) is 20.6 Å². The normalized spacial score (nSPS) is 10.3. The minimum absolute atomic E-state index is 0.311. The number of hydrogen-bond acceptors (Lipinski definition) is 4. The Bertz CT molecular complexity index is 618. The Balaban J connectivity index is 2.66. The predicted octanol–water partition coefficient (Wildman–Crippen LogP) is 1.06. The van der Waals surface area contributed by atoms with E-state index in [-0.39, 0.29) is 5.75 Å². The van der Waals surface area contributed by atoms with E-state index in [4.69, 9.17) is 5.11 Å². The molecule has 2 aromatic rings. The highest BCUT2D eigenvalue weighted by Gasteiger charge is 2.09. The lowest BCUT2D eigenvalue weighted by atomic mass is 10.3. The molecule has 0 aromatic carbocycles. The molecule has 0 saturated heterocycles. The number of ether oxygens (including phenoxy) is 1. The van der Waals surface area contributed by atoms with Crippen molar-refractivity contribution < 1.29 is 14.6 Å². The third-order valence-electron chi connectivity index (χ3n) is 2.03. The van der Waals surface area contributed by atoms with Gasteiger partial charge < -0.3 is 9.84 Å². The topological polar surface area (TPSA) is 80.9 Å². The molecule has 2 aromatic heterocycles. The summed E-state index contributed by atoms with van der Waals surface area (Å²) in [6, 6.07) is 3.44. The molecule has 0 bridgehead atoms. The van der Waals surface area contributed by atoms with E-state index in [1.54, 1.807) is 12.1 Å². The van der Waals surface area contributed by atoms with E-state index in [1.165, 1.54) is 10.6 Å². The van der Waals surface area contributed by atoms with Gasteiger partial charge in [0.1, 0.15) is 5.65 Å². The number of carbonyl (C=O) groups is 1. The van der Waals surface area contributed by atoms with Gasteiger partial charge in [0.25, 0.3) is 0 Å². The molecule has 0 aliphatic heterocycles. The predicted molar refractivity (Wildman–Crippen MR) is 54.9 cm³/mol. The van der Waals surface area contributed by atoms with Crippen LogP contribution in [0.4, 0.5) is 4.79 Å². The van der Waals surface area contributed by atoms with Gasteiger partial charge >= 0.3 is 11.7 Å². The number of fused-ring (bicyclic) bond motifs is 1. The molecule has 0 atom stereocenters. The maximum absolute atomic E-state index is 11.7. The molecule has 16 heavy (non-hydrogen) atoms. The maximum Gasteiger partial charge on any atom is 0.511 e. The molecular formula is C10H8N2O4. The Morgan fingerprint density at radius 3 is 3.00 bits per heavy atom. The molecule has 0 aliphatic rings. The van der Waals surface area contributed by atoms with Gasteiger partial charge in [-0.25, -0.2) is 9.78 Å². The molecule has 0 spiro atoms. The molecule has 2 heterocycles. The van der Waals surface area contributed by atoms with Crippen molar-refractivity contribution in [3.63, 3.8) is 0 Å². The van der Waals surface area contributed by atoms with Gasteiger partial charge in [-0.2, -0.15) is 0 Å². The Morgan fingerprint density at radius 2 is 2.31 bits per heavy atom. The van der Waals surface area contributed by atoms with Crippen LogP contribution in [0.3, 0.4) is 0 Å². The zero-order valence-electron chi connectivity index (χ0n) is 8.38. The standard InChI is InChI=1S/C10H8N2O4/c1-6-2-3-12-8(4-6)11-5-7(9(12)13)16-10(14)15/h2-5H,1H3,(H,14,15). The van der Waals surface area contributed by atoms with Gasteiger partial charge in [-0.05, 0) is 24.6 Å². The molecule has 6 heteroatoms. The molecule has 2 rings (SSSR count). The van der Waals surface area contributed by atoms with Crippen LogP contribution in [-0.2, 0) is 0 Å². The van der Waals surface area contributed by atoms with Crippen LogP contribution in [0.2, 0.25) is 0 Å². The zero-order valence-corrected chi connectivity index (χ0v) is 8.38. The van der Waals surface area contributed by atoms with Gasteiger partial charge in [0, 0.05) is 6.20 Å². The number of carboxylic acid groups (broad SMARTS) is 1. The number of rotatable bonds is 1. The Labute approximate surface area is 89.7 Å². The van der Waals surface area contributed by atoms with Gasteiger partial charge in [-0.3, -0.25) is 9.20 Å². The Morgan fingerprint density at radius 1 is 1.56 bits per heavy atom. The van der Waals surface area contributed by atoms with Crippen molar-refractivity contribution in [1.29, 1.82) is 0 Å². The van der Waals surface area contributed by atoms with Crippen molar-refractivity contribution in [1.82, 2.24) is 9.38 Å². The van der Waals surface area contributed by atoms with Gasteiger partial charge in [0.15, 0.2) is 0 Å². The van der Waals surface area contributed by atoms with Crippen molar-refractivity contribution in [2.75, 3.05) is 0 Å². The van der Waals surface area contributed by atoms with Crippen LogP contribution in [0, 0.1) is 6.92 Å². The molecule has 0 aliphatic carbocycles. The highest BCUT2D eigenvalue weighted by molar-refractivity contribution is 5.61. The van der Waals surface area contributed by atoms with E-state index < -0.39 is 11.7 Å². The first-order chi connectivity index (χ1) is 7.58. The minimum Gasteiger partial charge on any atom is -0.449 e. The summed E-state index contributed by atoms with van der Waals surface area (Å²) in [5.74, 6) is -0.311. The quantitative estimate of drug-likeness (QED) is 0.726. The summed E-state index contributed by atoms with van der Waals surface area (Å²) in [4.78, 5) is 26.0. The first-order valence-corrected chi connectivity index (χ1v) is 4.47. The van der Waals surface area contributed by atoms with Crippen LogP contribution in [0.1, 0.15) is 5.56 Å². The summed E-state index contributed by atoms with van der Waals surface area (Å²) in [5.41, 5.74) is 0.856. The molecule has 0 unspecified atom stereocenters. The van der Waals surface area contributed by atoms with E-state index in [0.717, 1.165) is 11.8 Å². The van der Waals surface area contributed by atoms with E-state index >= 15 is 0 Å². The molecule has 1 N–H and O–H groups in total. The average Bonchev–Trinajstić information content (AvgIpc) is 2.22. The zero-order chi connectivity index (χ0) is 11.7. The number of pyridine rings is 1. The fourth-order valence-electron chi connectivity index (χ4n) is 1.32. The molecule has 6 nitrogen and oxygen atoms in total. The highest BCUT2D eigenvalue weighted by Crippen LogP contribution is 2.06. The van der Waals surface area contributed by atoms with Gasteiger partial charge in [0.05, 0.1) is 6.20 Å². The second kappa shape index (κ2) is 3.65. The highest BCUT2D eigenvalue weighted by atomic mass is 16.7. The van der Waals surface area contributed by atoms with Crippen LogP contribution in [0.25, 0.3) is 5.65 Å². The summed E-state index contributed by atoms with van der Waals surface area (Å²) in [5, 5.41) is 8.41. The number of aromatic nitrogens is 2. The fourth-order valence-corrected chi connectivity index (χ4v) is 1.32. The lowest BCUT2D eigenvalue weighted by Crippen LogP contribution is -2.19. The van der Waals surface area contributed by atoms with E-state index in [1.807, 2.05) is 6.92 Å². The van der Waals surface area contributed by atoms with Crippen molar-refractivity contribution in [2.24, 2.45) is 0 Å². The molecule has 0 fully saturated rings. The van der Waals surface area contributed by atoms with Crippen molar-refractivity contribution >= 4 is 11.8 Å². The third-order valence-corrected chi connectivity index (χ3v) is 2.03. The average molecular weight is 220 g/mol. The largest absolute Gasteiger partial charge is 0.511 e. The second-order valence-electron chi connectivity index (χ2n) is 3.23. The van der Waals surface area contributed by atoms with E-state index in [9.17, 15) is 9.59 Å². The smallest absolute Gasteiger partial charge is 0.449 e. The van der Waals surface area contributed by atoms with Crippen LogP contribution < -0.4 is 10.3 Å². The SMILES string of the molecule is Cc1ccn2c(=O)c(OC(=O)O)cnc2c1. The second-order valence-corrected chi connectivity index (χ2v) is 3.23. The lowest BCUT2D eigenvalue weighted by molar-refractivity contribution is 0.143.